The van der Waals surface area contributed by atoms with Gasteiger partial charge in [-0.3, -0.25) is 9.89 Å². The van der Waals surface area contributed by atoms with Gasteiger partial charge in [-0.15, -0.1) is 12.4 Å². The van der Waals surface area contributed by atoms with Crippen molar-refractivity contribution in [2.45, 2.75) is 19.3 Å². The van der Waals surface area contributed by atoms with Crippen LogP contribution in [0.1, 0.15) is 19.3 Å². The van der Waals surface area contributed by atoms with Crippen LogP contribution in [0.4, 0.5) is 5.69 Å². The molecule has 3 N–H and O–H groups in total. The summed E-state index contributed by atoms with van der Waals surface area (Å²) in [4.78, 5) is 12.4. The molecular weight excluding hydrogens is 288 g/mol. The zero-order chi connectivity index (χ0) is 13.6. The summed E-state index contributed by atoms with van der Waals surface area (Å²) in [5.74, 6) is 0.344. The van der Waals surface area contributed by atoms with Gasteiger partial charge in [-0.05, 0) is 43.8 Å². The zero-order valence-electron chi connectivity index (χ0n) is 11.7. The molecule has 1 unspecified atom stereocenters. The van der Waals surface area contributed by atoms with Gasteiger partial charge in [0.1, 0.15) is 0 Å². The van der Waals surface area contributed by atoms with Gasteiger partial charge in [-0.1, -0.05) is 12.1 Å². The lowest BCUT2D eigenvalue weighted by Gasteiger charge is -2.23. The molecule has 2 aliphatic rings. The van der Waals surface area contributed by atoms with Crippen LogP contribution in [0.2, 0.25) is 0 Å². The van der Waals surface area contributed by atoms with E-state index in [1.807, 2.05) is 18.2 Å². The van der Waals surface area contributed by atoms with E-state index in [1.165, 1.54) is 0 Å². The van der Waals surface area contributed by atoms with Gasteiger partial charge < -0.3 is 10.6 Å². The van der Waals surface area contributed by atoms with Crippen molar-refractivity contribution < 1.29 is 4.79 Å². The summed E-state index contributed by atoms with van der Waals surface area (Å²) >= 11 is 0. The van der Waals surface area contributed by atoms with Crippen LogP contribution in [0.15, 0.2) is 24.4 Å². The number of H-pyrrole nitrogens is 1. The van der Waals surface area contributed by atoms with Gasteiger partial charge in [0.2, 0.25) is 5.91 Å². The molecule has 1 saturated heterocycles. The Hall–Kier alpha value is -1.59. The van der Waals surface area contributed by atoms with Crippen molar-refractivity contribution in [3.8, 4) is 0 Å². The largest absolute Gasteiger partial charge is 0.324 e. The van der Waals surface area contributed by atoms with Crippen LogP contribution in [0, 0.1) is 11.3 Å². The van der Waals surface area contributed by atoms with Crippen LogP contribution in [-0.4, -0.2) is 29.2 Å². The first kappa shape index (κ1) is 14.4. The number of amides is 1. The van der Waals surface area contributed by atoms with Crippen molar-refractivity contribution >= 4 is 34.9 Å². The molecule has 2 fully saturated rings. The van der Waals surface area contributed by atoms with Gasteiger partial charge in [-0.25, -0.2) is 0 Å². The molecule has 112 valence electrons. The quantitative estimate of drug-likeness (QED) is 0.797. The van der Waals surface area contributed by atoms with Crippen LogP contribution in [0.3, 0.4) is 0 Å². The lowest BCUT2D eigenvalue weighted by atomic mass is 9.92. The van der Waals surface area contributed by atoms with E-state index in [9.17, 15) is 4.79 Å². The number of nitrogens with one attached hydrogen (secondary N) is 3. The van der Waals surface area contributed by atoms with Gasteiger partial charge in [0.15, 0.2) is 0 Å². The summed E-state index contributed by atoms with van der Waals surface area (Å²) in [6.07, 6.45) is 5.06. The average Bonchev–Trinajstić information content (AvgIpc) is 2.95. The minimum Gasteiger partial charge on any atom is -0.324 e. The number of hydrogen-bond donors (Lipinski definition) is 3. The molecule has 1 amide bonds. The number of aromatic nitrogens is 2. The van der Waals surface area contributed by atoms with E-state index in [2.05, 4.69) is 20.8 Å². The number of carbonyl (C=O) groups is 1. The molecule has 5 nitrogen and oxygen atoms in total. The predicted molar refractivity (Wildman–Crippen MR) is 84.6 cm³/mol. The summed E-state index contributed by atoms with van der Waals surface area (Å²) in [5.41, 5.74) is 2.01. The minimum absolute atomic E-state index is 0. The van der Waals surface area contributed by atoms with Crippen LogP contribution in [0.25, 0.3) is 10.9 Å². The Morgan fingerprint density at radius 1 is 1.33 bits per heavy atom. The van der Waals surface area contributed by atoms with Crippen LogP contribution in [0.5, 0.6) is 0 Å². The number of piperidine rings is 1. The van der Waals surface area contributed by atoms with Crippen molar-refractivity contribution in [3.05, 3.63) is 24.4 Å². The first-order valence-corrected chi connectivity index (χ1v) is 7.22. The highest BCUT2D eigenvalue weighted by molar-refractivity contribution is 6.02. The van der Waals surface area contributed by atoms with Crippen molar-refractivity contribution in [1.29, 1.82) is 0 Å². The number of halogens is 1. The SMILES string of the molecule is Cl.O=C(Nc1cccc2cn[nH]c12)C1CC12CCNCC2. The second-order valence-electron chi connectivity index (χ2n) is 6.00. The number of anilines is 1. The van der Waals surface area contributed by atoms with Crippen LogP contribution in [-0.2, 0) is 4.79 Å². The highest BCUT2D eigenvalue weighted by Gasteiger charge is 2.57. The van der Waals surface area contributed by atoms with Crippen LogP contribution < -0.4 is 10.6 Å². The fraction of sp³-hybridized carbons (Fsp3) is 0.467. The lowest BCUT2D eigenvalue weighted by molar-refractivity contribution is -0.118. The molecule has 2 aromatic rings. The fourth-order valence-corrected chi connectivity index (χ4v) is 3.49. The maximum atomic E-state index is 12.4. The number of rotatable bonds is 2. The first-order chi connectivity index (χ1) is 9.78. The fourth-order valence-electron chi connectivity index (χ4n) is 3.49. The number of hydrogen-bond acceptors (Lipinski definition) is 3. The Morgan fingerprint density at radius 2 is 2.14 bits per heavy atom. The summed E-state index contributed by atoms with van der Waals surface area (Å²) in [5, 5.41) is 14.4. The summed E-state index contributed by atoms with van der Waals surface area (Å²) in [7, 11) is 0. The van der Waals surface area contributed by atoms with Gasteiger partial charge in [0.05, 0.1) is 17.4 Å². The molecule has 1 spiro atoms. The Balaban J connectivity index is 0.00000132. The molecule has 0 radical (unpaired) electrons. The van der Waals surface area contributed by atoms with Gasteiger partial charge >= 0.3 is 0 Å². The molecule has 21 heavy (non-hydrogen) atoms. The summed E-state index contributed by atoms with van der Waals surface area (Å²) in [6.45, 7) is 2.08. The highest BCUT2D eigenvalue weighted by atomic mass is 35.5. The van der Waals surface area contributed by atoms with E-state index in [0.717, 1.165) is 48.9 Å². The average molecular weight is 307 g/mol. The number of aromatic amines is 1. The monoisotopic (exact) mass is 306 g/mol. The number of benzene rings is 1. The summed E-state index contributed by atoms with van der Waals surface area (Å²) in [6, 6.07) is 5.86. The Labute approximate surface area is 129 Å². The number of carbonyl (C=O) groups excluding carboxylic acids is 1. The highest BCUT2D eigenvalue weighted by Crippen LogP contribution is 2.58. The zero-order valence-corrected chi connectivity index (χ0v) is 12.5. The minimum atomic E-state index is 0. The van der Waals surface area contributed by atoms with Gasteiger partial charge in [0, 0.05) is 11.3 Å². The Bertz CT molecular complexity index is 662. The molecule has 1 aromatic heterocycles. The number of nitrogens with zero attached hydrogens (tertiary/aromatic N) is 1. The third-order valence-corrected chi connectivity index (χ3v) is 4.84. The number of para-hydroxylation sites is 1. The van der Waals surface area contributed by atoms with E-state index in [1.54, 1.807) is 6.20 Å². The standard InChI is InChI=1S/C15H18N4O.ClH/c20-14(11-8-15(11)4-6-16-7-5-15)18-12-3-1-2-10-9-17-19-13(10)12;/h1-3,9,11,16H,4-8H2,(H,17,19)(H,18,20);1H. The summed E-state index contributed by atoms with van der Waals surface area (Å²) < 4.78 is 0. The molecule has 1 aromatic carbocycles. The Kier molecular flexibility index (Phi) is 3.63. The van der Waals surface area contributed by atoms with Crippen LogP contribution >= 0.6 is 12.4 Å². The molecule has 1 aliphatic carbocycles. The van der Waals surface area contributed by atoms with Gasteiger partial charge in [-0.2, -0.15) is 5.10 Å². The molecule has 1 saturated carbocycles. The van der Waals surface area contributed by atoms with E-state index in [-0.39, 0.29) is 29.6 Å². The van der Waals surface area contributed by atoms with Crippen molar-refractivity contribution in [2.75, 3.05) is 18.4 Å². The first-order valence-electron chi connectivity index (χ1n) is 7.22. The van der Waals surface area contributed by atoms with Crippen molar-refractivity contribution in [1.82, 2.24) is 15.5 Å². The molecule has 2 heterocycles. The third-order valence-electron chi connectivity index (χ3n) is 4.84. The second-order valence-corrected chi connectivity index (χ2v) is 6.00. The maximum Gasteiger partial charge on any atom is 0.228 e. The molecule has 1 aliphatic heterocycles. The topological polar surface area (TPSA) is 69.8 Å². The maximum absolute atomic E-state index is 12.4. The molecule has 4 rings (SSSR count). The molecular formula is C15H19ClN4O. The molecule has 6 heteroatoms. The third kappa shape index (κ3) is 2.40. The normalized spacial score (nSPS) is 22.8. The Morgan fingerprint density at radius 3 is 2.95 bits per heavy atom. The lowest BCUT2D eigenvalue weighted by Crippen LogP contribution is -2.31. The van der Waals surface area contributed by atoms with E-state index in [0.29, 0.717) is 0 Å². The van der Waals surface area contributed by atoms with E-state index in [4.69, 9.17) is 0 Å². The molecule has 1 atom stereocenters. The smallest absolute Gasteiger partial charge is 0.228 e. The molecule has 0 bridgehead atoms. The van der Waals surface area contributed by atoms with Crippen molar-refractivity contribution in [3.63, 3.8) is 0 Å². The van der Waals surface area contributed by atoms with Gasteiger partial charge in [0.25, 0.3) is 0 Å². The van der Waals surface area contributed by atoms with E-state index >= 15 is 0 Å². The number of fused-ring (bicyclic) bond motifs is 1. The second kappa shape index (κ2) is 5.31. The van der Waals surface area contributed by atoms with Crippen molar-refractivity contribution in [2.24, 2.45) is 11.3 Å². The van der Waals surface area contributed by atoms with E-state index < -0.39 is 0 Å². The predicted octanol–water partition coefficient (Wildman–Crippen LogP) is 2.31.